The van der Waals surface area contributed by atoms with E-state index >= 15 is 0 Å². The number of hydrogen-bond donors (Lipinski definition) is 5. The minimum Gasteiger partial charge on any atom is -0.508 e. The molecule has 1 aromatic rings. The van der Waals surface area contributed by atoms with Crippen LogP contribution in [0.15, 0.2) is 23.0 Å². The third-order valence-corrected chi connectivity index (χ3v) is 9.41. The number of alkyl halides is 3. The van der Waals surface area contributed by atoms with Crippen LogP contribution in [0.25, 0.3) is 5.76 Å². The van der Waals surface area contributed by atoms with Crippen LogP contribution in [0.1, 0.15) is 61.4 Å². The van der Waals surface area contributed by atoms with Crippen molar-refractivity contribution < 1.29 is 47.6 Å². The number of benzene rings is 1. The fourth-order valence-electron chi connectivity index (χ4n) is 7.67. The van der Waals surface area contributed by atoms with Gasteiger partial charge in [0.25, 0.3) is 5.91 Å². The van der Waals surface area contributed by atoms with Gasteiger partial charge >= 0.3 is 6.18 Å². The molecule has 1 amide bonds. The van der Waals surface area contributed by atoms with E-state index in [0.717, 1.165) is 13.2 Å². The molecule has 0 spiro atoms. The normalized spacial score (nSPS) is 29.6. The van der Waals surface area contributed by atoms with Crippen molar-refractivity contribution in [3.05, 3.63) is 45.2 Å². The Morgan fingerprint density at radius 3 is 2.40 bits per heavy atom. The molecule has 42 heavy (non-hydrogen) atoms. The van der Waals surface area contributed by atoms with Crippen LogP contribution in [0.2, 0.25) is 0 Å². The lowest BCUT2D eigenvalue weighted by molar-refractivity contribution is -0.160. The number of nitrogens with one attached hydrogen (secondary N) is 1. The zero-order valence-electron chi connectivity index (χ0n) is 23.5. The Balaban J connectivity index is 1.78. The number of halogens is 3. The minimum absolute atomic E-state index is 0.138. The molecule has 5 atom stereocenters. The number of aromatic hydroxyl groups is 1. The second-order valence-electron chi connectivity index (χ2n) is 11.3. The predicted molar refractivity (Wildman–Crippen MR) is 143 cm³/mol. The number of rotatable bonds is 6. The molecule has 1 heterocycles. The van der Waals surface area contributed by atoms with Gasteiger partial charge < -0.3 is 31.1 Å². The van der Waals surface area contributed by atoms with E-state index in [1.807, 2.05) is 0 Å². The number of hydrogen-bond acceptors (Lipinski definition) is 9. The Hall–Kier alpha value is -3.42. The molecule has 1 saturated carbocycles. The molecule has 4 aliphatic rings. The maximum Gasteiger partial charge on any atom is 0.417 e. The van der Waals surface area contributed by atoms with Crippen molar-refractivity contribution in [3.8, 4) is 5.75 Å². The van der Waals surface area contributed by atoms with Crippen molar-refractivity contribution in [1.82, 2.24) is 10.2 Å². The Labute approximate surface area is 240 Å². The van der Waals surface area contributed by atoms with E-state index in [4.69, 9.17) is 10.5 Å². The third kappa shape index (κ3) is 4.08. The lowest BCUT2D eigenvalue weighted by Crippen LogP contribution is -2.67. The van der Waals surface area contributed by atoms with Gasteiger partial charge in [0, 0.05) is 24.6 Å². The number of primary amides is 1. The first kappa shape index (κ1) is 30.1. The van der Waals surface area contributed by atoms with Gasteiger partial charge in [-0.05, 0) is 68.4 Å². The van der Waals surface area contributed by atoms with Crippen molar-refractivity contribution in [3.63, 3.8) is 0 Å². The Bertz CT molecular complexity index is 1430. The first-order valence-corrected chi connectivity index (χ1v) is 14.0. The number of ketones is 2. The number of aliphatic hydroxyl groups excluding tert-OH is 2. The SMILES string of the molecule is CCN(CC)[C@@H]1C(=O)C(C(N)=O)=C(O)[C@@]2(OC)C(=O)C3=C(O)c4c(O)cc(C5CCCN5)c(C(F)(F)F)c4C[C@H]3C[C@@H]12. The largest absolute Gasteiger partial charge is 0.508 e. The zero-order valence-corrected chi connectivity index (χ0v) is 23.5. The predicted octanol–water partition coefficient (Wildman–Crippen LogP) is 2.84. The highest BCUT2D eigenvalue weighted by Gasteiger charge is 2.66. The van der Waals surface area contributed by atoms with Crippen molar-refractivity contribution in [2.45, 2.75) is 63.4 Å². The van der Waals surface area contributed by atoms with E-state index in [2.05, 4.69) is 5.32 Å². The average Bonchev–Trinajstić information content (AvgIpc) is 3.45. The molecule has 0 radical (unpaired) electrons. The van der Waals surface area contributed by atoms with Gasteiger partial charge in [-0.25, -0.2) is 0 Å². The van der Waals surface area contributed by atoms with Crippen LogP contribution in [-0.4, -0.2) is 76.1 Å². The van der Waals surface area contributed by atoms with Gasteiger partial charge in [-0.1, -0.05) is 13.8 Å². The van der Waals surface area contributed by atoms with E-state index < -0.39 is 87.1 Å². The van der Waals surface area contributed by atoms with Gasteiger partial charge in [-0.2, -0.15) is 13.2 Å². The summed E-state index contributed by atoms with van der Waals surface area (Å²) in [5.74, 6) is -7.71. The Morgan fingerprint density at radius 1 is 1.21 bits per heavy atom. The number of fused-ring (bicyclic) bond motifs is 3. The summed E-state index contributed by atoms with van der Waals surface area (Å²) in [4.78, 5) is 42.0. The molecule has 1 aliphatic heterocycles. The number of phenolic OH excluding ortho intramolecular Hbond substituents is 1. The number of carbonyl (C=O) groups is 3. The number of amides is 1. The molecule has 2 fully saturated rings. The summed E-state index contributed by atoms with van der Waals surface area (Å²) in [6.45, 7) is 4.62. The summed E-state index contributed by atoms with van der Waals surface area (Å²) >= 11 is 0. The van der Waals surface area contributed by atoms with Crippen LogP contribution in [-0.2, 0) is 31.7 Å². The molecule has 5 rings (SSSR count). The standard InChI is InChI=1S/C29H34F3N3O7/c1-4-35(5-2)22-15-10-12-9-14-19(17(36)11-13(16-7-6-8-34-16)21(14)29(30,31)32)23(37)18(12)25(39)28(15,42-3)26(40)20(24(22)38)27(33)41/h11-12,15-16,22,34,36-37,40H,4-10H2,1-3H3,(H2,33,41)/t12-,15-,16?,22-,28-/m0/s1. The number of likely N-dealkylation sites (N-methyl/N-ethyl adjacent to an activating group) is 1. The second kappa shape index (κ2) is 10.4. The van der Waals surface area contributed by atoms with Gasteiger partial charge in [-0.3, -0.25) is 19.3 Å². The molecule has 13 heteroatoms. The smallest absolute Gasteiger partial charge is 0.417 e. The Morgan fingerprint density at radius 2 is 1.88 bits per heavy atom. The van der Waals surface area contributed by atoms with Crippen molar-refractivity contribution >= 4 is 23.2 Å². The lowest BCUT2D eigenvalue weighted by Gasteiger charge is -2.52. The average molecular weight is 594 g/mol. The van der Waals surface area contributed by atoms with Crippen LogP contribution in [0.4, 0.5) is 13.2 Å². The molecular formula is C29H34F3N3O7. The van der Waals surface area contributed by atoms with Gasteiger partial charge in [0.15, 0.2) is 11.4 Å². The molecule has 6 N–H and O–H groups in total. The lowest BCUT2D eigenvalue weighted by atomic mass is 9.57. The summed E-state index contributed by atoms with van der Waals surface area (Å²) in [6, 6.07) is -0.851. The fourth-order valence-corrected chi connectivity index (χ4v) is 7.67. The van der Waals surface area contributed by atoms with Gasteiger partial charge in [0.2, 0.25) is 5.78 Å². The molecule has 1 aromatic carbocycles. The summed E-state index contributed by atoms with van der Waals surface area (Å²) in [6.07, 6.45) is -4.28. The van der Waals surface area contributed by atoms with Crippen LogP contribution in [0.5, 0.6) is 5.75 Å². The van der Waals surface area contributed by atoms with Crippen LogP contribution in [0.3, 0.4) is 0 Å². The van der Waals surface area contributed by atoms with E-state index in [-0.39, 0.29) is 29.5 Å². The fraction of sp³-hybridized carbons (Fsp3) is 0.552. The molecule has 3 aliphatic carbocycles. The first-order valence-electron chi connectivity index (χ1n) is 14.0. The minimum atomic E-state index is -4.84. The number of ether oxygens (including phenoxy) is 1. The second-order valence-corrected chi connectivity index (χ2v) is 11.3. The summed E-state index contributed by atoms with van der Waals surface area (Å²) in [5.41, 5.74) is 0.0322. The van der Waals surface area contributed by atoms with Crippen molar-refractivity contribution in [1.29, 1.82) is 0 Å². The molecule has 228 valence electrons. The molecule has 1 saturated heterocycles. The monoisotopic (exact) mass is 593 g/mol. The number of carbonyl (C=O) groups excluding carboxylic acids is 3. The zero-order chi connectivity index (χ0) is 30.9. The van der Waals surface area contributed by atoms with Crippen molar-refractivity contribution in [2.24, 2.45) is 17.6 Å². The molecule has 0 bridgehead atoms. The number of aliphatic hydroxyl groups is 2. The number of Topliss-reactive ketones (excluding diaryl/α,β-unsaturated/α-hetero) is 2. The highest BCUT2D eigenvalue weighted by molar-refractivity contribution is 6.24. The Kier molecular flexibility index (Phi) is 7.43. The molecule has 1 unspecified atom stereocenters. The maximum atomic E-state index is 14.7. The van der Waals surface area contributed by atoms with Crippen LogP contribution in [0, 0.1) is 11.8 Å². The van der Waals surface area contributed by atoms with Gasteiger partial charge in [0.1, 0.15) is 22.8 Å². The summed E-state index contributed by atoms with van der Waals surface area (Å²) in [7, 11) is 1.10. The highest BCUT2D eigenvalue weighted by Crippen LogP contribution is 2.56. The number of nitrogens with two attached hydrogens (primary N) is 1. The molecule has 0 aromatic heterocycles. The maximum absolute atomic E-state index is 14.7. The number of methoxy groups -OCH3 is 1. The summed E-state index contributed by atoms with van der Waals surface area (Å²) < 4.78 is 49.7. The summed E-state index contributed by atoms with van der Waals surface area (Å²) in [5, 5.41) is 36.7. The first-order chi connectivity index (χ1) is 19.8. The molecular weight excluding hydrogens is 559 g/mol. The highest BCUT2D eigenvalue weighted by atomic mass is 19.4. The topological polar surface area (TPSA) is 162 Å². The van der Waals surface area contributed by atoms with Crippen LogP contribution >= 0.6 is 0 Å². The van der Waals surface area contributed by atoms with E-state index in [1.165, 1.54) is 0 Å². The third-order valence-electron chi connectivity index (χ3n) is 9.41. The van der Waals surface area contributed by atoms with Crippen LogP contribution < -0.4 is 11.1 Å². The number of phenols is 1. The van der Waals surface area contributed by atoms with E-state index in [9.17, 15) is 42.9 Å². The molecule has 10 nitrogen and oxygen atoms in total. The van der Waals surface area contributed by atoms with Gasteiger partial charge in [0.05, 0.1) is 17.2 Å². The van der Waals surface area contributed by atoms with E-state index in [0.29, 0.717) is 32.5 Å². The van der Waals surface area contributed by atoms with Crippen molar-refractivity contribution in [2.75, 3.05) is 26.7 Å². The quantitative estimate of drug-likeness (QED) is 0.312. The van der Waals surface area contributed by atoms with E-state index in [1.54, 1.807) is 18.7 Å². The number of nitrogens with zero attached hydrogens (tertiary/aromatic N) is 1. The van der Waals surface area contributed by atoms with Gasteiger partial charge in [-0.15, -0.1) is 0 Å².